The Bertz CT molecular complexity index is 46.8. The second-order valence-electron chi connectivity index (χ2n) is 1.63. The maximum Gasteiger partial charge on any atom is 0.126 e. The van der Waals surface area contributed by atoms with Gasteiger partial charge in [-0.3, -0.25) is 0 Å². The van der Waals surface area contributed by atoms with E-state index in [0.29, 0.717) is 6.61 Å². The van der Waals surface area contributed by atoms with Crippen LogP contribution in [0.3, 0.4) is 0 Å². The van der Waals surface area contributed by atoms with Crippen molar-refractivity contribution >= 4 is 5.78 Å². The average molecular weight is 150 g/mol. The molecular weight excluding hydrogens is 132 g/mol. The summed E-state index contributed by atoms with van der Waals surface area (Å²) in [4.78, 5) is 9.44. The largest absolute Gasteiger partial charge is 0.400 e. The summed E-state index contributed by atoms with van der Waals surface area (Å²) in [6, 6.07) is 0. The van der Waals surface area contributed by atoms with Crippen molar-refractivity contribution in [2.45, 2.75) is 27.2 Å². The van der Waals surface area contributed by atoms with Gasteiger partial charge >= 0.3 is 0 Å². The van der Waals surface area contributed by atoms with Gasteiger partial charge in [-0.25, -0.2) is 0 Å². The van der Waals surface area contributed by atoms with E-state index >= 15 is 0 Å². The predicted octanol–water partition coefficient (Wildman–Crippen LogP) is 0.593. The van der Waals surface area contributed by atoms with Gasteiger partial charge in [0, 0.05) is 13.7 Å². The van der Waals surface area contributed by atoms with Crippen LogP contribution < -0.4 is 0 Å². The highest BCUT2D eigenvalue weighted by atomic mass is 16.3. The van der Waals surface area contributed by atoms with E-state index in [1.807, 2.05) is 6.92 Å². The van der Waals surface area contributed by atoms with Crippen molar-refractivity contribution in [2.24, 2.45) is 0 Å². The SMILES string of the molecule is CC(C)=O.CCCO.CO. The highest BCUT2D eigenvalue weighted by Crippen LogP contribution is 1.61. The van der Waals surface area contributed by atoms with E-state index in [1.54, 1.807) is 0 Å². The first-order valence-corrected chi connectivity index (χ1v) is 3.17. The van der Waals surface area contributed by atoms with Gasteiger partial charge in [0.15, 0.2) is 0 Å². The van der Waals surface area contributed by atoms with E-state index in [-0.39, 0.29) is 5.78 Å². The first-order valence-electron chi connectivity index (χ1n) is 3.17. The van der Waals surface area contributed by atoms with E-state index in [2.05, 4.69) is 0 Å². The highest BCUT2D eigenvalue weighted by molar-refractivity contribution is 5.72. The van der Waals surface area contributed by atoms with Gasteiger partial charge in [-0.2, -0.15) is 0 Å². The summed E-state index contributed by atoms with van der Waals surface area (Å²) in [6.07, 6.45) is 0.875. The van der Waals surface area contributed by atoms with E-state index in [9.17, 15) is 4.79 Å². The maximum atomic E-state index is 9.44. The molecule has 0 atom stereocenters. The van der Waals surface area contributed by atoms with E-state index < -0.39 is 0 Å². The quantitative estimate of drug-likeness (QED) is 0.575. The van der Waals surface area contributed by atoms with Crippen LogP contribution >= 0.6 is 0 Å². The molecule has 0 aromatic rings. The predicted molar refractivity (Wildman–Crippen MR) is 41.9 cm³/mol. The number of aliphatic hydroxyl groups excluding tert-OH is 2. The molecule has 0 fully saturated rings. The molecule has 3 nitrogen and oxygen atoms in total. The zero-order chi connectivity index (χ0) is 8.99. The Balaban J connectivity index is -0.0000000787. The van der Waals surface area contributed by atoms with Crippen molar-refractivity contribution in [1.29, 1.82) is 0 Å². The molecule has 64 valence electrons. The number of carbonyl (C=O) groups excluding carboxylic acids is 1. The van der Waals surface area contributed by atoms with Gasteiger partial charge in [-0.05, 0) is 20.3 Å². The van der Waals surface area contributed by atoms with Crippen LogP contribution in [-0.4, -0.2) is 29.7 Å². The second kappa shape index (κ2) is 23.5. The molecule has 0 radical (unpaired) electrons. The molecule has 0 aromatic heterocycles. The Morgan fingerprint density at radius 1 is 1.30 bits per heavy atom. The fourth-order valence-electron chi connectivity index (χ4n) is 0. The number of aliphatic hydroxyl groups is 2. The summed E-state index contributed by atoms with van der Waals surface area (Å²) in [6.45, 7) is 5.31. The minimum absolute atomic E-state index is 0.167. The van der Waals surface area contributed by atoms with Crippen molar-refractivity contribution in [2.75, 3.05) is 13.7 Å². The summed E-state index contributed by atoms with van der Waals surface area (Å²) in [5, 5.41) is 14.9. The lowest BCUT2D eigenvalue weighted by molar-refractivity contribution is -0.114. The smallest absolute Gasteiger partial charge is 0.126 e. The van der Waals surface area contributed by atoms with Crippen molar-refractivity contribution in [3.63, 3.8) is 0 Å². The van der Waals surface area contributed by atoms with Gasteiger partial charge in [0.05, 0.1) is 0 Å². The van der Waals surface area contributed by atoms with Gasteiger partial charge < -0.3 is 15.0 Å². The third-order valence-electron chi connectivity index (χ3n) is 0.224. The highest BCUT2D eigenvalue weighted by Gasteiger charge is 1.62. The Hall–Kier alpha value is -0.410. The standard InChI is InChI=1S/C3H6O.C3H8O.CH4O/c1-3(2)4;1-2-3-4;1-2/h1-2H3;4H,2-3H2,1H3;2H,1H3. The molecule has 0 aliphatic heterocycles. The normalized spacial score (nSPS) is 6.20. The number of hydrogen-bond acceptors (Lipinski definition) is 3. The number of Topliss-reactive ketones (excluding diaryl/α,β-unsaturated/α-hetero) is 1. The molecule has 2 N–H and O–H groups in total. The van der Waals surface area contributed by atoms with Crippen LogP contribution in [0.1, 0.15) is 27.2 Å². The third kappa shape index (κ3) is 947. The number of carbonyl (C=O) groups is 1. The van der Waals surface area contributed by atoms with Gasteiger partial charge in [0.1, 0.15) is 5.78 Å². The summed E-state index contributed by atoms with van der Waals surface area (Å²) in [5.74, 6) is 0.167. The molecule has 0 bridgehead atoms. The molecule has 0 saturated heterocycles. The minimum atomic E-state index is 0.167. The van der Waals surface area contributed by atoms with Crippen LogP contribution in [0.25, 0.3) is 0 Å². The molecule has 0 unspecified atom stereocenters. The first-order chi connectivity index (χ1) is 4.65. The molecule has 3 heteroatoms. The first kappa shape index (κ1) is 16.3. The molecule has 0 amide bonds. The van der Waals surface area contributed by atoms with Gasteiger partial charge in [0.2, 0.25) is 0 Å². The molecule has 0 saturated carbocycles. The molecule has 0 aliphatic carbocycles. The van der Waals surface area contributed by atoms with Crippen LogP contribution in [0.5, 0.6) is 0 Å². The van der Waals surface area contributed by atoms with Crippen LogP contribution in [0, 0.1) is 0 Å². The molecule has 0 spiro atoms. The Labute approximate surface area is 62.7 Å². The molecule has 0 aliphatic rings. The lowest BCUT2D eigenvalue weighted by Gasteiger charge is -1.69. The number of ketones is 1. The lowest BCUT2D eigenvalue weighted by Crippen LogP contribution is -1.69. The zero-order valence-corrected chi connectivity index (χ0v) is 7.22. The fraction of sp³-hybridized carbons (Fsp3) is 0.857. The topological polar surface area (TPSA) is 57.5 Å². The molecular formula is C7H18O3. The minimum Gasteiger partial charge on any atom is -0.400 e. The van der Waals surface area contributed by atoms with Gasteiger partial charge in [-0.1, -0.05) is 6.92 Å². The fourth-order valence-corrected chi connectivity index (χ4v) is 0. The number of rotatable bonds is 1. The van der Waals surface area contributed by atoms with Crippen molar-refractivity contribution in [3.8, 4) is 0 Å². The summed E-state index contributed by atoms with van der Waals surface area (Å²) >= 11 is 0. The van der Waals surface area contributed by atoms with Crippen LogP contribution in [0.15, 0.2) is 0 Å². The summed E-state index contributed by atoms with van der Waals surface area (Å²) < 4.78 is 0. The van der Waals surface area contributed by atoms with E-state index in [1.165, 1.54) is 13.8 Å². The molecule has 0 heterocycles. The van der Waals surface area contributed by atoms with Crippen molar-refractivity contribution in [3.05, 3.63) is 0 Å². The lowest BCUT2D eigenvalue weighted by atomic mass is 10.5. The van der Waals surface area contributed by atoms with Crippen molar-refractivity contribution in [1.82, 2.24) is 0 Å². The average Bonchev–Trinajstić information content (AvgIpc) is 1.91. The molecule has 0 rings (SSSR count). The Morgan fingerprint density at radius 3 is 1.40 bits per heavy atom. The zero-order valence-electron chi connectivity index (χ0n) is 7.22. The Kier molecular flexibility index (Phi) is 38.3. The van der Waals surface area contributed by atoms with Crippen molar-refractivity contribution < 1.29 is 15.0 Å². The maximum absolute atomic E-state index is 9.44. The molecule has 10 heavy (non-hydrogen) atoms. The second-order valence-corrected chi connectivity index (χ2v) is 1.63. The Morgan fingerprint density at radius 2 is 1.40 bits per heavy atom. The summed E-state index contributed by atoms with van der Waals surface area (Å²) in [5.41, 5.74) is 0. The monoisotopic (exact) mass is 150 g/mol. The molecule has 0 aromatic carbocycles. The van der Waals surface area contributed by atoms with Gasteiger partial charge in [-0.15, -0.1) is 0 Å². The van der Waals surface area contributed by atoms with E-state index in [0.717, 1.165) is 13.5 Å². The number of hydrogen-bond donors (Lipinski definition) is 2. The van der Waals surface area contributed by atoms with Gasteiger partial charge in [0.25, 0.3) is 0 Å². The van der Waals surface area contributed by atoms with E-state index in [4.69, 9.17) is 10.2 Å². The third-order valence-corrected chi connectivity index (χ3v) is 0.224. The van der Waals surface area contributed by atoms with Crippen LogP contribution in [0.4, 0.5) is 0 Å². The van der Waals surface area contributed by atoms with Crippen LogP contribution in [-0.2, 0) is 4.79 Å². The van der Waals surface area contributed by atoms with Crippen LogP contribution in [0.2, 0.25) is 0 Å². The summed E-state index contributed by atoms with van der Waals surface area (Å²) in [7, 11) is 1.00.